The van der Waals surface area contributed by atoms with E-state index >= 15 is 0 Å². The number of anilines is 2. The number of rotatable bonds is 4. The summed E-state index contributed by atoms with van der Waals surface area (Å²) in [4.78, 5) is 0. The molecule has 3 nitrogen and oxygen atoms in total. The van der Waals surface area contributed by atoms with Crippen molar-refractivity contribution in [3.63, 3.8) is 0 Å². The Balaban J connectivity index is 2.81. The van der Waals surface area contributed by atoms with Gasteiger partial charge in [-0.05, 0) is 18.2 Å². The van der Waals surface area contributed by atoms with Gasteiger partial charge in [-0.25, -0.2) is 0 Å². The smallest absolute Gasteiger partial charge is 0.397 e. The Morgan fingerprint density at radius 3 is 2.33 bits per heavy atom. The van der Waals surface area contributed by atoms with E-state index in [1.54, 1.807) is 0 Å². The van der Waals surface area contributed by atoms with Crippen molar-refractivity contribution in [3.05, 3.63) is 23.8 Å². The Morgan fingerprint density at radius 2 is 1.89 bits per heavy atom. The Morgan fingerprint density at radius 1 is 1.28 bits per heavy atom. The minimum atomic E-state index is -4.39. The largest absolute Gasteiger partial charge is 0.416 e. The fourth-order valence-corrected chi connectivity index (χ4v) is 1.29. The molecule has 1 rings (SSSR count). The van der Waals surface area contributed by atoms with Crippen molar-refractivity contribution in [2.45, 2.75) is 20.0 Å². The quantitative estimate of drug-likeness (QED) is 0.731. The number of aliphatic hydroxyl groups is 1. The van der Waals surface area contributed by atoms with Crippen LogP contribution in [0, 0.1) is 5.41 Å². The fraction of sp³-hybridized carbons (Fsp3) is 0.500. The number of benzene rings is 1. The molecule has 0 aromatic heterocycles. The van der Waals surface area contributed by atoms with Crippen molar-refractivity contribution in [2.24, 2.45) is 5.41 Å². The summed E-state index contributed by atoms with van der Waals surface area (Å²) in [5, 5.41) is 12.0. The molecule has 0 unspecified atom stereocenters. The van der Waals surface area contributed by atoms with Crippen molar-refractivity contribution < 1.29 is 18.3 Å². The van der Waals surface area contributed by atoms with Crippen LogP contribution < -0.4 is 11.1 Å². The van der Waals surface area contributed by atoms with Gasteiger partial charge in [0, 0.05) is 18.6 Å². The molecular weight excluding hydrogens is 245 g/mol. The Kier molecular flexibility index (Phi) is 4.11. The molecule has 1 aromatic carbocycles. The number of nitrogens with two attached hydrogens (primary N) is 1. The molecule has 0 fully saturated rings. The maximum atomic E-state index is 12.4. The van der Waals surface area contributed by atoms with Crippen LogP contribution in [-0.4, -0.2) is 18.3 Å². The van der Waals surface area contributed by atoms with Crippen LogP contribution >= 0.6 is 0 Å². The zero-order chi connectivity index (χ0) is 14.0. The summed E-state index contributed by atoms with van der Waals surface area (Å²) in [6, 6.07) is 3.17. The maximum absolute atomic E-state index is 12.4. The lowest BCUT2D eigenvalue weighted by molar-refractivity contribution is -0.137. The average Bonchev–Trinajstić information content (AvgIpc) is 2.26. The molecule has 0 bridgehead atoms. The number of nitrogens with one attached hydrogen (secondary N) is 1. The second-order valence-electron chi connectivity index (χ2n) is 4.98. The van der Waals surface area contributed by atoms with Crippen molar-refractivity contribution in [2.75, 3.05) is 24.2 Å². The van der Waals surface area contributed by atoms with Gasteiger partial charge in [0.25, 0.3) is 0 Å². The summed E-state index contributed by atoms with van der Waals surface area (Å²) >= 11 is 0. The molecule has 0 heterocycles. The lowest BCUT2D eigenvalue weighted by Gasteiger charge is -2.23. The van der Waals surface area contributed by atoms with Gasteiger partial charge in [0.15, 0.2) is 0 Å². The molecule has 6 heteroatoms. The molecule has 0 spiro atoms. The highest BCUT2D eigenvalue weighted by molar-refractivity contribution is 5.67. The van der Waals surface area contributed by atoms with Gasteiger partial charge in [0.05, 0.1) is 16.9 Å². The van der Waals surface area contributed by atoms with Crippen molar-refractivity contribution >= 4 is 11.4 Å². The SMILES string of the molecule is CC(C)(CO)CNc1ccc(C(F)(F)F)cc1N. The monoisotopic (exact) mass is 262 g/mol. The van der Waals surface area contributed by atoms with E-state index in [9.17, 15) is 13.2 Å². The van der Waals surface area contributed by atoms with Crippen LogP contribution in [-0.2, 0) is 6.18 Å². The Bertz CT molecular complexity index is 416. The summed E-state index contributed by atoms with van der Waals surface area (Å²) in [5.74, 6) is 0. The van der Waals surface area contributed by atoms with E-state index in [0.717, 1.165) is 12.1 Å². The zero-order valence-electron chi connectivity index (χ0n) is 10.3. The molecular formula is C12H17F3N2O. The topological polar surface area (TPSA) is 58.3 Å². The highest BCUT2D eigenvalue weighted by Gasteiger charge is 2.30. The minimum Gasteiger partial charge on any atom is -0.397 e. The molecule has 0 atom stereocenters. The third-order valence-corrected chi connectivity index (χ3v) is 2.56. The van der Waals surface area contributed by atoms with E-state index in [-0.39, 0.29) is 17.7 Å². The second kappa shape index (κ2) is 5.06. The van der Waals surface area contributed by atoms with Crippen LogP contribution in [0.5, 0.6) is 0 Å². The van der Waals surface area contributed by atoms with Crippen molar-refractivity contribution in [3.8, 4) is 0 Å². The van der Waals surface area contributed by atoms with Crippen LogP contribution in [0.2, 0.25) is 0 Å². The van der Waals surface area contributed by atoms with Gasteiger partial charge >= 0.3 is 6.18 Å². The zero-order valence-corrected chi connectivity index (χ0v) is 10.3. The van der Waals surface area contributed by atoms with Gasteiger partial charge in [0.2, 0.25) is 0 Å². The summed E-state index contributed by atoms with van der Waals surface area (Å²) in [5.41, 5.74) is 4.90. The van der Waals surface area contributed by atoms with Gasteiger partial charge in [-0.15, -0.1) is 0 Å². The molecule has 0 amide bonds. The van der Waals surface area contributed by atoms with E-state index in [2.05, 4.69) is 5.32 Å². The number of aliphatic hydroxyl groups excluding tert-OH is 1. The average molecular weight is 262 g/mol. The first-order valence-electron chi connectivity index (χ1n) is 5.47. The Hall–Kier alpha value is -1.43. The maximum Gasteiger partial charge on any atom is 0.416 e. The normalized spacial score (nSPS) is 12.6. The van der Waals surface area contributed by atoms with E-state index in [1.165, 1.54) is 6.07 Å². The number of nitrogen functional groups attached to an aromatic ring is 1. The standard InChI is InChI=1S/C12H17F3N2O/c1-11(2,7-18)6-17-10-4-3-8(5-9(10)16)12(13,14)15/h3-5,17-18H,6-7,16H2,1-2H3. The van der Waals surface area contributed by atoms with E-state index < -0.39 is 11.7 Å². The van der Waals surface area contributed by atoms with Crippen LogP contribution in [0.3, 0.4) is 0 Å². The molecule has 0 aliphatic rings. The first kappa shape index (κ1) is 14.6. The highest BCUT2D eigenvalue weighted by Crippen LogP contribution is 2.33. The van der Waals surface area contributed by atoms with Crippen molar-refractivity contribution in [1.82, 2.24) is 0 Å². The molecule has 1 aromatic rings. The van der Waals surface area contributed by atoms with Crippen LogP contribution in [0.1, 0.15) is 19.4 Å². The molecule has 18 heavy (non-hydrogen) atoms. The molecule has 0 saturated heterocycles. The summed E-state index contributed by atoms with van der Waals surface area (Å²) in [7, 11) is 0. The number of hydrogen-bond acceptors (Lipinski definition) is 3. The number of hydrogen-bond donors (Lipinski definition) is 3. The molecule has 0 aliphatic heterocycles. The third-order valence-electron chi connectivity index (χ3n) is 2.56. The lowest BCUT2D eigenvalue weighted by atomic mass is 9.95. The van der Waals surface area contributed by atoms with E-state index in [4.69, 9.17) is 10.8 Å². The predicted octanol–water partition coefficient (Wildman–Crippen LogP) is 2.72. The van der Waals surface area contributed by atoms with Gasteiger partial charge in [-0.2, -0.15) is 13.2 Å². The van der Waals surface area contributed by atoms with E-state index in [0.29, 0.717) is 12.2 Å². The second-order valence-corrected chi connectivity index (χ2v) is 4.98. The van der Waals surface area contributed by atoms with Gasteiger partial charge < -0.3 is 16.2 Å². The summed E-state index contributed by atoms with van der Waals surface area (Å²) in [6.45, 7) is 4.06. The molecule has 0 aliphatic carbocycles. The van der Waals surface area contributed by atoms with Crippen molar-refractivity contribution in [1.29, 1.82) is 0 Å². The highest BCUT2D eigenvalue weighted by atomic mass is 19.4. The molecule has 102 valence electrons. The van der Waals surface area contributed by atoms with E-state index in [1.807, 2.05) is 13.8 Å². The molecule has 0 saturated carbocycles. The first-order valence-corrected chi connectivity index (χ1v) is 5.47. The molecule has 0 radical (unpaired) electrons. The summed E-state index contributed by atoms with van der Waals surface area (Å²) in [6.07, 6.45) is -4.39. The fourth-order valence-electron chi connectivity index (χ4n) is 1.29. The van der Waals surface area contributed by atoms with Gasteiger partial charge in [0.1, 0.15) is 0 Å². The van der Waals surface area contributed by atoms with Gasteiger partial charge in [-0.3, -0.25) is 0 Å². The minimum absolute atomic E-state index is 0.0272. The third kappa shape index (κ3) is 3.80. The van der Waals surface area contributed by atoms with Gasteiger partial charge in [-0.1, -0.05) is 13.8 Å². The van der Waals surface area contributed by atoms with Crippen LogP contribution in [0.4, 0.5) is 24.5 Å². The summed E-state index contributed by atoms with van der Waals surface area (Å²) < 4.78 is 37.3. The lowest BCUT2D eigenvalue weighted by Crippen LogP contribution is -2.27. The van der Waals surface area contributed by atoms with Crippen LogP contribution in [0.25, 0.3) is 0 Å². The Labute approximate surface area is 104 Å². The number of halogens is 3. The predicted molar refractivity (Wildman–Crippen MR) is 65.2 cm³/mol. The molecule has 4 N–H and O–H groups in total. The number of alkyl halides is 3. The van der Waals surface area contributed by atoms with Crippen LogP contribution in [0.15, 0.2) is 18.2 Å². The first-order chi connectivity index (χ1) is 8.15.